The molecule has 0 aromatic heterocycles. The smallest absolute Gasteiger partial charge is 0.305 e. The highest BCUT2D eigenvalue weighted by Crippen LogP contribution is 2.16. The molecule has 0 aliphatic heterocycles. The van der Waals surface area contributed by atoms with E-state index in [2.05, 4.69) is 31.3 Å². The van der Waals surface area contributed by atoms with Gasteiger partial charge in [0.1, 0.15) is 0 Å². The number of hydrogen-bond donors (Lipinski definition) is 3. The Hall–Kier alpha value is -1.66. The molecule has 6 nitrogen and oxygen atoms in total. The number of unbranched alkanes of at least 4 members (excludes halogenated alkanes) is 38. The summed E-state index contributed by atoms with van der Waals surface area (Å²) < 4.78 is 5.46. The summed E-state index contributed by atoms with van der Waals surface area (Å²) in [5.41, 5.74) is 0. The number of allylic oxidation sites excluding steroid dienone is 3. The first-order valence-electron chi connectivity index (χ1n) is 27.6. The topological polar surface area (TPSA) is 95.9 Å². The van der Waals surface area contributed by atoms with Crippen molar-refractivity contribution in [3.05, 3.63) is 24.3 Å². The van der Waals surface area contributed by atoms with Crippen molar-refractivity contribution in [2.75, 3.05) is 13.2 Å². The lowest BCUT2D eigenvalue weighted by molar-refractivity contribution is -0.143. The van der Waals surface area contributed by atoms with Gasteiger partial charge in [0.05, 0.1) is 25.4 Å². The van der Waals surface area contributed by atoms with Gasteiger partial charge >= 0.3 is 5.97 Å². The lowest BCUT2D eigenvalue weighted by Crippen LogP contribution is -2.45. The Kier molecular flexibility index (Phi) is 50.6. The number of carbonyl (C=O) groups excluding carboxylic acids is 2. The van der Waals surface area contributed by atoms with Gasteiger partial charge in [-0.3, -0.25) is 9.59 Å². The van der Waals surface area contributed by atoms with Gasteiger partial charge in [0.25, 0.3) is 0 Å². The fourth-order valence-corrected chi connectivity index (χ4v) is 8.45. The van der Waals surface area contributed by atoms with Gasteiger partial charge in [-0.25, -0.2) is 0 Å². The number of amides is 1. The van der Waals surface area contributed by atoms with Crippen LogP contribution in [0.25, 0.3) is 0 Å². The maximum Gasteiger partial charge on any atom is 0.305 e. The maximum absolute atomic E-state index is 12.5. The first-order chi connectivity index (χ1) is 30.5. The van der Waals surface area contributed by atoms with E-state index in [4.69, 9.17) is 4.74 Å². The molecule has 0 bridgehead atoms. The highest BCUT2D eigenvalue weighted by Gasteiger charge is 2.18. The first-order valence-corrected chi connectivity index (χ1v) is 27.6. The van der Waals surface area contributed by atoms with Gasteiger partial charge in [0, 0.05) is 12.8 Å². The van der Waals surface area contributed by atoms with Crippen LogP contribution in [0.2, 0.25) is 0 Å². The fraction of sp³-hybridized carbons (Fsp3) is 0.893. The van der Waals surface area contributed by atoms with Gasteiger partial charge in [-0.05, 0) is 57.8 Å². The van der Waals surface area contributed by atoms with Gasteiger partial charge in [0.15, 0.2) is 0 Å². The molecule has 2 atom stereocenters. The summed E-state index contributed by atoms with van der Waals surface area (Å²) in [6, 6.07) is -0.640. The predicted octanol–water partition coefficient (Wildman–Crippen LogP) is 16.7. The van der Waals surface area contributed by atoms with E-state index in [1.54, 1.807) is 6.08 Å². The van der Waals surface area contributed by atoms with E-state index in [1.807, 2.05) is 6.08 Å². The summed E-state index contributed by atoms with van der Waals surface area (Å²) in [5, 5.41) is 23.1. The molecule has 0 radical (unpaired) electrons. The maximum atomic E-state index is 12.5. The van der Waals surface area contributed by atoms with E-state index in [9.17, 15) is 19.8 Å². The third-order valence-electron chi connectivity index (χ3n) is 12.7. The molecule has 2 unspecified atom stereocenters. The molecular formula is C56H107NO5. The van der Waals surface area contributed by atoms with Crippen LogP contribution in [0.5, 0.6) is 0 Å². The molecule has 0 rings (SSSR count). The molecule has 1 amide bonds. The molecule has 0 saturated heterocycles. The molecule has 3 N–H and O–H groups in total. The van der Waals surface area contributed by atoms with E-state index in [-0.39, 0.29) is 18.5 Å². The van der Waals surface area contributed by atoms with Crippen LogP contribution in [0.15, 0.2) is 24.3 Å². The normalized spacial score (nSPS) is 12.8. The lowest BCUT2D eigenvalue weighted by Gasteiger charge is -2.20. The van der Waals surface area contributed by atoms with Crippen LogP contribution in [0.1, 0.15) is 296 Å². The second kappa shape index (κ2) is 52.0. The Morgan fingerprint density at radius 2 is 0.758 bits per heavy atom. The van der Waals surface area contributed by atoms with Crippen molar-refractivity contribution in [1.82, 2.24) is 5.32 Å². The number of rotatable bonds is 51. The average molecular weight is 874 g/mol. The van der Waals surface area contributed by atoms with Crippen molar-refractivity contribution in [2.24, 2.45) is 0 Å². The molecule has 0 aromatic rings. The first kappa shape index (κ1) is 60.3. The second-order valence-corrected chi connectivity index (χ2v) is 18.9. The molecule has 0 saturated carbocycles. The number of ether oxygens (including phenoxy) is 1. The van der Waals surface area contributed by atoms with Crippen molar-refractivity contribution in [3.63, 3.8) is 0 Å². The van der Waals surface area contributed by atoms with E-state index in [0.717, 1.165) is 57.8 Å². The number of aliphatic hydroxyl groups excluding tert-OH is 2. The van der Waals surface area contributed by atoms with Crippen LogP contribution in [-0.4, -0.2) is 47.4 Å². The predicted molar refractivity (Wildman–Crippen MR) is 269 cm³/mol. The Balaban J connectivity index is 3.50. The summed E-state index contributed by atoms with van der Waals surface area (Å²) in [6.07, 6.45) is 61.8. The summed E-state index contributed by atoms with van der Waals surface area (Å²) in [4.78, 5) is 24.5. The van der Waals surface area contributed by atoms with E-state index in [0.29, 0.717) is 19.4 Å². The third kappa shape index (κ3) is 47.8. The van der Waals surface area contributed by atoms with Crippen LogP contribution in [0.3, 0.4) is 0 Å². The van der Waals surface area contributed by atoms with Gasteiger partial charge in [-0.15, -0.1) is 0 Å². The Morgan fingerprint density at radius 3 is 1.15 bits per heavy atom. The quantitative estimate of drug-likeness (QED) is 0.0321. The SMILES string of the molecule is CCCCCCC/C=C\CCCCCCCC(=O)OCCCCCCCCCCCCCCC(=O)NC(CO)C(O)/C=C/CCCCCCCCCCCCCCCCCCC. The lowest BCUT2D eigenvalue weighted by atomic mass is 10.0. The summed E-state index contributed by atoms with van der Waals surface area (Å²) in [6.45, 7) is 4.87. The fourth-order valence-electron chi connectivity index (χ4n) is 8.45. The summed E-state index contributed by atoms with van der Waals surface area (Å²) >= 11 is 0. The molecule has 366 valence electrons. The van der Waals surface area contributed by atoms with Crippen molar-refractivity contribution in [2.45, 2.75) is 309 Å². The van der Waals surface area contributed by atoms with Gasteiger partial charge in [-0.2, -0.15) is 0 Å². The third-order valence-corrected chi connectivity index (χ3v) is 12.7. The zero-order valence-electron chi connectivity index (χ0n) is 41.6. The highest BCUT2D eigenvalue weighted by molar-refractivity contribution is 5.76. The van der Waals surface area contributed by atoms with Crippen molar-refractivity contribution < 1.29 is 24.5 Å². The monoisotopic (exact) mass is 874 g/mol. The zero-order valence-corrected chi connectivity index (χ0v) is 41.6. The number of nitrogens with one attached hydrogen (secondary N) is 1. The summed E-state index contributed by atoms with van der Waals surface area (Å²) in [5.74, 6) is -0.101. The van der Waals surface area contributed by atoms with Crippen LogP contribution in [0, 0.1) is 0 Å². The van der Waals surface area contributed by atoms with Crippen molar-refractivity contribution in [1.29, 1.82) is 0 Å². The van der Waals surface area contributed by atoms with E-state index >= 15 is 0 Å². The number of carbonyl (C=O) groups is 2. The molecule has 0 fully saturated rings. The zero-order chi connectivity index (χ0) is 45.1. The minimum Gasteiger partial charge on any atom is -0.466 e. The van der Waals surface area contributed by atoms with Crippen molar-refractivity contribution in [3.8, 4) is 0 Å². The van der Waals surface area contributed by atoms with Crippen molar-refractivity contribution >= 4 is 11.9 Å². The molecular weight excluding hydrogens is 767 g/mol. The largest absolute Gasteiger partial charge is 0.466 e. The standard InChI is InChI=1S/C56H107NO5/c1-3-5-7-9-11-13-15-17-19-20-21-22-23-24-28-32-36-40-44-48-54(59)53(52-58)57-55(60)49-45-41-37-33-29-26-27-31-35-39-43-47-51-62-56(61)50-46-42-38-34-30-25-18-16-14-12-10-8-6-4-2/h16,18,44,48,53-54,58-59H,3-15,17,19-43,45-47,49-52H2,1-2H3,(H,57,60)/b18-16-,48-44+. The highest BCUT2D eigenvalue weighted by atomic mass is 16.5. The van der Waals surface area contributed by atoms with Gasteiger partial charge in [0.2, 0.25) is 5.91 Å². The average Bonchev–Trinajstić information content (AvgIpc) is 3.27. The minimum atomic E-state index is -0.855. The van der Waals surface area contributed by atoms with Crippen LogP contribution < -0.4 is 5.32 Å². The Morgan fingerprint density at radius 1 is 0.435 bits per heavy atom. The number of esters is 1. The Bertz CT molecular complexity index is 966. The molecule has 0 aliphatic carbocycles. The van der Waals surface area contributed by atoms with Crippen LogP contribution in [0.4, 0.5) is 0 Å². The minimum absolute atomic E-state index is 0.0191. The molecule has 0 heterocycles. The van der Waals surface area contributed by atoms with Gasteiger partial charge < -0.3 is 20.3 Å². The van der Waals surface area contributed by atoms with E-state index in [1.165, 1.54) is 212 Å². The second-order valence-electron chi connectivity index (χ2n) is 18.9. The Labute approximate surface area is 386 Å². The number of aliphatic hydroxyl groups is 2. The number of hydrogen-bond acceptors (Lipinski definition) is 5. The molecule has 0 aliphatic rings. The van der Waals surface area contributed by atoms with Gasteiger partial charge in [-0.1, -0.05) is 250 Å². The molecule has 0 spiro atoms. The van der Waals surface area contributed by atoms with E-state index < -0.39 is 12.1 Å². The molecule has 62 heavy (non-hydrogen) atoms. The van der Waals surface area contributed by atoms with Crippen LogP contribution >= 0.6 is 0 Å². The molecule has 6 heteroatoms. The summed E-state index contributed by atoms with van der Waals surface area (Å²) in [7, 11) is 0. The van der Waals surface area contributed by atoms with Crippen LogP contribution in [-0.2, 0) is 14.3 Å². The molecule has 0 aromatic carbocycles.